The molecule has 0 aliphatic heterocycles. The molecule has 0 saturated heterocycles. The number of aromatic carboxylic acids is 1. The zero-order chi connectivity index (χ0) is 13.5. The van der Waals surface area contributed by atoms with Crippen molar-refractivity contribution in [2.45, 2.75) is 0 Å². The van der Waals surface area contributed by atoms with Crippen LogP contribution in [0.5, 0.6) is 5.75 Å². The molecular formula is C7H14Cl2N3O7P2Pt+. The number of carboxylic acid groups (broad SMARTS) is 1. The summed E-state index contributed by atoms with van der Waals surface area (Å²) in [5.74, 6) is -1.56. The molecule has 132 valence electrons. The zero-order valence-corrected chi connectivity index (χ0v) is 16.5. The third-order valence-corrected chi connectivity index (χ3v) is 2.12. The number of carbonyl (C=O) groups excluding carboxylic acids is 1. The third kappa shape index (κ3) is 17.9. The van der Waals surface area contributed by atoms with Gasteiger partial charge in [-0.25, -0.2) is 0 Å². The van der Waals surface area contributed by atoms with E-state index < -0.39 is 13.6 Å². The van der Waals surface area contributed by atoms with Crippen LogP contribution in [0, 0.1) is 10.1 Å². The number of para-hydroxylation sites is 1. The van der Waals surface area contributed by atoms with E-state index in [0.29, 0.717) is 0 Å². The molecule has 1 rings (SSSR count). The summed E-state index contributed by atoms with van der Waals surface area (Å²) < 4.78 is 4.66. The summed E-state index contributed by atoms with van der Waals surface area (Å²) in [4.78, 5) is 36.5. The Hall–Kier alpha value is -0.142. The Morgan fingerprint density at radius 3 is 1.91 bits per heavy atom. The first kappa shape index (κ1) is 37.8. The van der Waals surface area contributed by atoms with Gasteiger partial charge in [0.2, 0.25) is 0 Å². The predicted molar refractivity (Wildman–Crippen MR) is 71.7 cm³/mol. The van der Waals surface area contributed by atoms with Gasteiger partial charge in [-0.05, 0) is 12.1 Å². The normalized spacial score (nSPS) is 7.59. The number of hydrogen-bond acceptors (Lipinski definition) is 10. The van der Waals surface area contributed by atoms with Crippen molar-refractivity contribution in [2.75, 3.05) is 0 Å². The van der Waals surface area contributed by atoms with Crippen molar-refractivity contribution in [1.82, 2.24) is 12.3 Å². The molecule has 0 saturated carbocycles. The second-order valence-corrected chi connectivity index (χ2v) is 5.92. The first-order valence-corrected chi connectivity index (χ1v) is 7.13. The predicted octanol–water partition coefficient (Wildman–Crippen LogP) is -5.45. The maximum absolute atomic E-state index is 10.6. The van der Waals surface area contributed by atoms with Crippen LogP contribution < -0.4 is 46.7 Å². The van der Waals surface area contributed by atoms with E-state index in [1.165, 1.54) is 24.3 Å². The van der Waals surface area contributed by atoms with Gasteiger partial charge in [-0.15, -0.1) is 5.34 Å². The molecule has 0 radical (unpaired) electrons. The summed E-state index contributed by atoms with van der Waals surface area (Å²) in [6.45, 7) is 0. The average molecular weight is 580 g/mol. The maximum atomic E-state index is 10.6. The minimum absolute atomic E-state index is 0. The largest absolute Gasteiger partial charge is 4.00 e. The second kappa shape index (κ2) is 18.9. The Morgan fingerprint density at radius 1 is 1.23 bits per heavy atom. The molecule has 0 aromatic heterocycles. The van der Waals surface area contributed by atoms with Crippen LogP contribution in [0.25, 0.3) is 0 Å². The first-order valence-electron chi connectivity index (χ1n) is 3.90. The average Bonchev–Trinajstić information content (AvgIpc) is 2.16. The second-order valence-electron chi connectivity index (χ2n) is 2.54. The van der Waals surface area contributed by atoms with E-state index in [2.05, 4.69) is 4.52 Å². The first-order chi connectivity index (χ1) is 7.81. The molecule has 1 aromatic rings. The van der Waals surface area contributed by atoms with Crippen molar-refractivity contribution in [3.05, 3.63) is 39.9 Å². The minimum atomic E-state index is -3.58. The molecule has 22 heavy (non-hydrogen) atoms. The van der Waals surface area contributed by atoms with Crippen LogP contribution in [-0.4, -0.2) is 15.8 Å². The van der Waals surface area contributed by atoms with Gasteiger partial charge in [-0.2, -0.15) is 9.79 Å². The Morgan fingerprint density at radius 2 is 1.59 bits per heavy atom. The van der Waals surface area contributed by atoms with Gasteiger partial charge in [0, 0.05) is 5.56 Å². The third-order valence-electron chi connectivity index (χ3n) is 1.34. The van der Waals surface area contributed by atoms with Crippen molar-refractivity contribution in [1.29, 1.82) is 0 Å². The van der Waals surface area contributed by atoms with Gasteiger partial charge in [0.1, 0.15) is 8.93 Å². The Labute approximate surface area is 155 Å². The van der Waals surface area contributed by atoms with Crippen molar-refractivity contribution >= 4 is 22.5 Å². The number of carbonyl (C=O) groups is 1. The summed E-state index contributed by atoms with van der Waals surface area (Å²) in [6.07, 6.45) is 0. The molecule has 0 aliphatic carbocycles. The molecule has 0 aliphatic rings. The zero-order valence-electron chi connectivity index (χ0n) is 10.7. The molecule has 0 bridgehead atoms. The SMILES string of the molecule is N.N.O=C([O-])c1ccccc1O[P+](O)(O)P.O=N[O-].[Cl-].[Cl-].[Pt+4]. The van der Waals surface area contributed by atoms with E-state index in [1.807, 2.05) is 0 Å². The molecule has 1 aromatic carbocycles. The minimum Gasteiger partial charge on any atom is -1.00 e. The van der Waals surface area contributed by atoms with Gasteiger partial charge in [0.05, 0.1) is 5.97 Å². The summed E-state index contributed by atoms with van der Waals surface area (Å²) in [5, 5.41) is 19.6. The molecule has 0 fully saturated rings. The fraction of sp³-hybridized carbons (Fsp3) is 0. The van der Waals surface area contributed by atoms with E-state index in [4.69, 9.17) is 19.9 Å². The molecule has 1 atom stereocenters. The Kier molecular flexibility index (Phi) is 32.5. The van der Waals surface area contributed by atoms with Gasteiger partial charge in [-0.3, -0.25) is 4.52 Å². The number of benzene rings is 1. The monoisotopic (exact) mass is 579 g/mol. The molecule has 10 nitrogen and oxygen atoms in total. The van der Waals surface area contributed by atoms with E-state index in [1.54, 1.807) is 8.93 Å². The van der Waals surface area contributed by atoms with Crippen LogP contribution in [0.2, 0.25) is 0 Å². The fourth-order valence-electron chi connectivity index (χ4n) is 0.860. The molecular weight excluding hydrogens is 566 g/mol. The summed E-state index contributed by atoms with van der Waals surface area (Å²) in [6, 6.07) is 5.57. The molecule has 15 heteroatoms. The van der Waals surface area contributed by atoms with E-state index in [-0.39, 0.29) is 69.5 Å². The molecule has 1 unspecified atom stereocenters. The van der Waals surface area contributed by atoms with Gasteiger partial charge in [0.25, 0.3) is 0 Å². The van der Waals surface area contributed by atoms with E-state index >= 15 is 0 Å². The number of carboxylic acids is 1. The van der Waals surface area contributed by atoms with Crippen molar-refractivity contribution in [3.8, 4) is 5.75 Å². The van der Waals surface area contributed by atoms with Crippen LogP contribution >= 0.6 is 16.6 Å². The molecule has 0 heterocycles. The summed E-state index contributed by atoms with van der Waals surface area (Å²) in [7, 11) is -1.87. The van der Waals surface area contributed by atoms with Crippen molar-refractivity contribution in [2.24, 2.45) is 5.34 Å². The van der Waals surface area contributed by atoms with Gasteiger partial charge < -0.3 is 57.1 Å². The molecule has 0 amide bonds. The topological polar surface area (TPSA) is 212 Å². The van der Waals surface area contributed by atoms with Gasteiger partial charge in [-0.1, -0.05) is 12.1 Å². The van der Waals surface area contributed by atoms with Crippen LogP contribution in [0.1, 0.15) is 10.4 Å². The number of halogens is 2. The van der Waals surface area contributed by atoms with Crippen molar-refractivity contribution < 1.29 is 70.1 Å². The number of nitrogens with zero attached hydrogens (tertiary/aromatic N) is 1. The van der Waals surface area contributed by atoms with Crippen LogP contribution in [0.4, 0.5) is 0 Å². The Balaban J connectivity index is -0.0000000742. The molecule has 0 spiro atoms. The van der Waals surface area contributed by atoms with Crippen molar-refractivity contribution in [3.63, 3.8) is 0 Å². The molecule has 8 N–H and O–H groups in total. The van der Waals surface area contributed by atoms with E-state index in [9.17, 15) is 9.90 Å². The fourth-order valence-corrected chi connectivity index (χ4v) is 1.65. The van der Waals surface area contributed by atoms with Gasteiger partial charge in [0.15, 0.2) is 5.75 Å². The smallest absolute Gasteiger partial charge is 1.00 e. The van der Waals surface area contributed by atoms with E-state index in [0.717, 1.165) is 5.34 Å². The van der Waals surface area contributed by atoms with Crippen LogP contribution in [-0.2, 0) is 21.1 Å². The maximum Gasteiger partial charge on any atom is 4.00 e. The van der Waals surface area contributed by atoms with Crippen LogP contribution in [0.15, 0.2) is 29.6 Å². The van der Waals surface area contributed by atoms with Gasteiger partial charge >= 0.3 is 28.7 Å². The number of hydrogen-bond donors (Lipinski definition) is 4. The summed E-state index contributed by atoms with van der Waals surface area (Å²) in [5.41, 5.74) is -0.220. The quantitative estimate of drug-likeness (QED) is 0.152. The van der Waals surface area contributed by atoms with Crippen LogP contribution in [0.3, 0.4) is 0 Å². The Bertz CT molecular complexity index is 414. The number of rotatable bonds is 3. The standard InChI is InChI=1S/C7H8O5P2.2ClH.HNO2.2H3N.Pt/c8-7(9)5-3-1-2-4-6(5)12-14(10,11)13;;;2-1-3;;;/h1-4,10-11H,13H2;2*1H;(H,2,3);2*1H3;/q;;;;;;+4/p-3. The summed E-state index contributed by atoms with van der Waals surface area (Å²) >= 11 is 0.